The van der Waals surface area contributed by atoms with E-state index in [0.29, 0.717) is 63.2 Å². The molecule has 10 heteroatoms. The number of aromatic nitrogens is 1. The Morgan fingerprint density at radius 3 is 2.50 bits per heavy atom. The van der Waals surface area contributed by atoms with E-state index >= 15 is 0 Å². The fourth-order valence-corrected chi connectivity index (χ4v) is 5.86. The number of carbonyl (C=O) groups is 2. The van der Waals surface area contributed by atoms with Crippen LogP contribution in [0.4, 0.5) is 5.13 Å². The smallest absolute Gasteiger partial charge is 0.301 e. The predicted molar refractivity (Wildman–Crippen MR) is 165 cm³/mol. The van der Waals surface area contributed by atoms with Crippen molar-refractivity contribution >= 4 is 55.7 Å². The van der Waals surface area contributed by atoms with Gasteiger partial charge in [0.15, 0.2) is 16.6 Å². The van der Waals surface area contributed by atoms with Gasteiger partial charge in [-0.3, -0.25) is 14.5 Å². The van der Waals surface area contributed by atoms with Gasteiger partial charge in [-0.25, -0.2) is 4.98 Å². The van der Waals surface area contributed by atoms with Gasteiger partial charge in [-0.1, -0.05) is 42.9 Å². The molecule has 42 heavy (non-hydrogen) atoms. The lowest BCUT2D eigenvalue weighted by atomic mass is 9.95. The third-order valence-corrected chi connectivity index (χ3v) is 8.16. The van der Waals surface area contributed by atoms with Crippen LogP contribution in [0.3, 0.4) is 0 Å². The highest BCUT2D eigenvalue weighted by molar-refractivity contribution is 7.22. The van der Waals surface area contributed by atoms with Gasteiger partial charge in [0.05, 0.1) is 42.2 Å². The number of halogens is 1. The SMILES string of the molecule is CCOc1cc(C2C(=C(O)c3ccc(Cl)cc3)C(=O)C(=O)N2c2nc3ccc(OC)cc3s2)ccc1OCCC(C)C. The lowest BCUT2D eigenvalue weighted by Gasteiger charge is -2.24. The molecule has 1 aromatic heterocycles. The van der Waals surface area contributed by atoms with Crippen LogP contribution in [0.2, 0.25) is 5.02 Å². The minimum Gasteiger partial charge on any atom is -0.507 e. The quantitative estimate of drug-likeness (QED) is 0.114. The Morgan fingerprint density at radius 2 is 1.81 bits per heavy atom. The maximum absolute atomic E-state index is 13.7. The molecule has 0 aliphatic carbocycles. The van der Waals surface area contributed by atoms with Gasteiger partial charge in [0.2, 0.25) is 0 Å². The number of hydrogen-bond donors (Lipinski definition) is 1. The molecule has 4 aromatic rings. The van der Waals surface area contributed by atoms with Crippen LogP contribution < -0.4 is 19.1 Å². The largest absolute Gasteiger partial charge is 0.507 e. The van der Waals surface area contributed by atoms with E-state index in [1.807, 2.05) is 13.0 Å². The molecular formula is C32H31ClN2O6S. The van der Waals surface area contributed by atoms with Crippen molar-refractivity contribution in [2.24, 2.45) is 5.92 Å². The van der Waals surface area contributed by atoms with E-state index in [0.717, 1.165) is 11.1 Å². The first-order chi connectivity index (χ1) is 20.2. The second kappa shape index (κ2) is 12.4. The molecule has 2 heterocycles. The van der Waals surface area contributed by atoms with E-state index in [-0.39, 0.29) is 11.3 Å². The molecule has 0 saturated carbocycles. The Kier molecular flexibility index (Phi) is 8.70. The molecule has 8 nitrogen and oxygen atoms in total. The van der Waals surface area contributed by atoms with E-state index in [1.165, 1.54) is 16.2 Å². The fourth-order valence-electron chi connectivity index (χ4n) is 4.72. The number of hydrogen-bond acceptors (Lipinski definition) is 8. The number of methoxy groups -OCH3 is 1. The van der Waals surface area contributed by atoms with Crippen molar-refractivity contribution < 1.29 is 28.9 Å². The summed E-state index contributed by atoms with van der Waals surface area (Å²) < 4.78 is 18.1. The van der Waals surface area contributed by atoms with Crippen molar-refractivity contribution in [3.05, 3.63) is 82.4 Å². The van der Waals surface area contributed by atoms with E-state index < -0.39 is 17.7 Å². The van der Waals surface area contributed by atoms with Gasteiger partial charge in [-0.15, -0.1) is 0 Å². The van der Waals surface area contributed by atoms with E-state index in [4.69, 9.17) is 25.8 Å². The molecule has 1 N–H and O–H groups in total. The number of ether oxygens (including phenoxy) is 3. The molecular weight excluding hydrogens is 576 g/mol. The Hall–Kier alpha value is -4.08. The van der Waals surface area contributed by atoms with E-state index in [2.05, 4.69) is 18.8 Å². The summed E-state index contributed by atoms with van der Waals surface area (Å²) in [6.07, 6.45) is 0.872. The van der Waals surface area contributed by atoms with Crippen LogP contribution in [0.1, 0.15) is 44.4 Å². The number of amides is 1. The van der Waals surface area contributed by atoms with Gasteiger partial charge in [0.1, 0.15) is 11.5 Å². The topological polar surface area (TPSA) is 98.2 Å². The molecule has 3 aromatic carbocycles. The second-order valence-corrected chi connectivity index (χ2v) is 11.6. The lowest BCUT2D eigenvalue weighted by molar-refractivity contribution is -0.132. The number of nitrogens with zero attached hydrogens (tertiary/aromatic N) is 2. The summed E-state index contributed by atoms with van der Waals surface area (Å²) in [5.74, 6) is 0.231. The summed E-state index contributed by atoms with van der Waals surface area (Å²) in [7, 11) is 1.57. The molecule has 0 radical (unpaired) electrons. The molecule has 218 valence electrons. The average molecular weight is 607 g/mol. The van der Waals surface area contributed by atoms with Crippen molar-refractivity contribution in [2.45, 2.75) is 33.2 Å². The van der Waals surface area contributed by atoms with Gasteiger partial charge in [-0.2, -0.15) is 0 Å². The van der Waals surface area contributed by atoms with Crippen LogP contribution in [0.5, 0.6) is 17.2 Å². The third kappa shape index (κ3) is 5.80. The number of thiazole rings is 1. The number of ketones is 1. The Morgan fingerprint density at radius 1 is 1.05 bits per heavy atom. The number of Topliss-reactive ketones (excluding diaryl/α,β-unsaturated/α-hetero) is 1. The number of aliphatic hydroxyl groups is 1. The molecule has 1 unspecified atom stereocenters. The maximum atomic E-state index is 13.7. The summed E-state index contributed by atoms with van der Waals surface area (Å²) in [4.78, 5) is 33.3. The molecule has 1 amide bonds. The van der Waals surface area contributed by atoms with Crippen molar-refractivity contribution in [1.29, 1.82) is 0 Å². The molecule has 0 bridgehead atoms. The molecule has 1 fully saturated rings. The fraction of sp³-hybridized carbons (Fsp3) is 0.281. The highest BCUT2D eigenvalue weighted by Gasteiger charge is 2.48. The number of carbonyl (C=O) groups excluding carboxylic acids is 2. The minimum atomic E-state index is -0.980. The predicted octanol–water partition coefficient (Wildman–Crippen LogP) is 7.41. The number of rotatable bonds is 10. The van der Waals surface area contributed by atoms with Crippen LogP contribution in [0.25, 0.3) is 16.0 Å². The summed E-state index contributed by atoms with van der Waals surface area (Å²) in [5, 5.41) is 12.2. The zero-order valence-electron chi connectivity index (χ0n) is 23.7. The summed E-state index contributed by atoms with van der Waals surface area (Å²) in [6.45, 7) is 7.01. The van der Waals surface area contributed by atoms with Crippen LogP contribution in [-0.2, 0) is 9.59 Å². The maximum Gasteiger partial charge on any atom is 0.301 e. The van der Waals surface area contributed by atoms with E-state index in [1.54, 1.807) is 61.7 Å². The van der Waals surface area contributed by atoms with Crippen molar-refractivity contribution in [3.63, 3.8) is 0 Å². The Labute approximate surface area is 253 Å². The molecule has 1 aliphatic rings. The average Bonchev–Trinajstić information content (AvgIpc) is 3.51. The molecule has 0 spiro atoms. The van der Waals surface area contributed by atoms with Crippen molar-refractivity contribution in [1.82, 2.24) is 4.98 Å². The number of fused-ring (bicyclic) bond motifs is 1. The van der Waals surface area contributed by atoms with Gasteiger partial charge < -0.3 is 19.3 Å². The Balaban J connectivity index is 1.67. The number of benzene rings is 3. The number of aliphatic hydroxyl groups excluding tert-OH is 1. The van der Waals surface area contributed by atoms with Crippen molar-refractivity contribution in [3.8, 4) is 17.2 Å². The van der Waals surface area contributed by atoms with E-state index in [9.17, 15) is 14.7 Å². The minimum absolute atomic E-state index is 0.0601. The van der Waals surface area contributed by atoms with Gasteiger partial charge in [0, 0.05) is 10.6 Å². The standard InChI is InChI=1S/C32H31ClN2O6S/c1-5-40-25-16-20(8-13-24(25)41-15-14-18(2)3)28-27(29(36)19-6-9-21(33)10-7-19)30(37)31(38)35(28)32-34-23-12-11-22(39-4)17-26(23)42-32/h6-13,16-18,28,36H,5,14-15H2,1-4H3. The zero-order chi connectivity index (χ0) is 30.0. The molecule has 1 aliphatic heterocycles. The zero-order valence-corrected chi connectivity index (χ0v) is 25.3. The van der Waals surface area contributed by atoms with Gasteiger partial charge in [-0.05, 0) is 79.4 Å². The summed E-state index contributed by atoms with van der Waals surface area (Å²) in [6, 6.07) is 16.1. The second-order valence-electron chi connectivity index (χ2n) is 10.2. The third-order valence-electron chi connectivity index (χ3n) is 6.89. The van der Waals surface area contributed by atoms with Crippen LogP contribution in [-0.4, -0.2) is 42.1 Å². The van der Waals surface area contributed by atoms with Crippen molar-refractivity contribution in [2.75, 3.05) is 25.2 Å². The first-order valence-electron chi connectivity index (χ1n) is 13.6. The first-order valence-corrected chi connectivity index (χ1v) is 14.8. The summed E-state index contributed by atoms with van der Waals surface area (Å²) >= 11 is 7.32. The van der Waals surface area contributed by atoms with Crippen LogP contribution in [0.15, 0.2) is 66.2 Å². The summed E-state index contributed by atoms with van der Waals surface area (Å²) in [5.41, 5.74) is 1.50. The number of anilines is 1. The monoisotopic (exact) mass is 606 g/mol. The highest BCUT2D eigenvalue weighted by Crippen LogP contribution is 2.46. The first kappa shape index (κ1) is 29.4. The van der Waals surface area contributed by atoms with Crippen LogP contribution >= 0.6 is 22.9 Å². The molecule has 1 saturated heterocycles. The molecule has 5 rings (SSSR count). The van der Waals surface area contributed by atoms with Gasteiger partial charge in [0.25, 0.3) is 5.78 Å². The molecule has 1 atom stereocenters. The highest BCUT2D eigenvalue weighted by atomic mass is 35.5. The Bertz CT molecular complexity index is 1660. The van der Waals surface area contributed by atoms with Crippen LogP contribution in [0, 0.1) is 5.92 Å². The lowest BCUT2D eigenvalue weighted by Crippen LogP contribution is -2.29. The normalized spacial score (nSPS) is 16.4. The van der Waals surface area contributed by atoms with Gasteiger partial charge >= 0.3 is 5.91 Å².